The van der Waals surface area contributed by atoms with Gasteiger partial charge in [-0.05, 0) is 26.0 Å². The van der Waals surface area contributed by atoms with E-state index in [2.05, 4.69) is 4.18 Å². The average molecular weight is 264 g/mol. The second-order valence-electron chi connectivity index (χ2n) is 3.09. The molecule has 1 aromatic rings. The molecule has 1 N–H and O–H groups in total. The van der Waals surface area contributed by atoms with Crippen LogP contribution in [0.5, 0.6) is 0 Å². The fraction of sp³-hybridized carbons (Fsp3) is 0.455. The van der Waals surface area contributed by atoms with Gasteiger partial charge in [0, 0.05) is 0 Å². The largest absolute Gasteiger partial charge is 0.394 e. The Labute approximate surface area is 101 Å². The van der Waals surface area contributed by atoms with Crippen molar-refractivity contribution >= 4 is 10.1 Å². The zero-order valence-corrected chi connectivity index (χ0v) is 10.7. The fourth-order valence-electron chi connectivity index (χ4n) is 0.928. The molecule has 0 heterocycles. The van der Waals surface area contributed by atoms with Crippen molar-refractivity contribution in [3.63, 3.8) is 0 Å². The number of hydrogen-bond acceptors (Lipinski definition) is 4. The topological polar surface area (TPSA) is 63.6 Å². The van der Waals surface area contributed by atoms with Gasteiger partial charge in [0.05, 0.1) is 18.1 Å². The van der Waals surface area contributed by atoms with Crippen molar-refractivity contribution in [2.75, 3.05) is 19.9 Å². The van der Waals surface area contributed by atoms with Crippen LogP contribution in [0.15, 0.2) is 29.2 Å². The minimum atomic E-state index is -3.53. The third-order valence-corrected chi connectivity index (χ3v) is 3.06. The number of rotatable bonds is 4. The predicted octanol–water partition coefficient (Wildman–Crippen LogP) is 1.67. The second kappa shape index (κ2) is 8.16. The van der Waals surface area contributed by atoms with Gasteiger partial charge in [-0.15, -0.1) is 0 Å². The van der Waals surface area contributed by atoms with Gasteiger partial charge >= 0.3 is 0 Å². The Balaban J connectivity index is 0.000000557. The second-order valence-corrected chi connectivity index (χ2v) is 4.70. The van der Waals surface area contributed by atoms with E-state index in [0.717, 1.165) is 5.56 Å². The van der Waals surface area contributed by atoms with Crippen molar-refractivity contribution in [2.24, 2.45) is 0 Å². The molecule has 98 valence electrons. The summed E-state index contributed by atoms with van der Waals surface area (Å²) in [5.74, 6) is 0. The maximum absolute atomic E-state index is 11.3. The molecule has 0 bridgehead atoms. The monoisotopic (exact) mass is 264 g/mol. The van der Waals surface area contributed by atoms with Crippen LogP contribution in [-0.2, 0) is 14.3 Å². The first kappa shape index (κ1) is 16.0. The number of hydrogen-bond donors (Lipinski definition) is 1. The zero-order chi connectivity index (χ0) is 13.3. The Morgan fingerprint density at radius 1 is 1.29 bits per heavy atom. The van der Waals surface area contributed by atoms with Crippen LogP contribution in [0.2, 0.25) is 0 Å². The maximum atomic E-state index is 11.3. The maximum Gasteiger partial charge on any atom is 0.296 e. The van der Waals surface area contributed by atoms with Crippen molar-refractivity contribution in [1.29, 1.82) is 0 Å². The smallest absolute Gasteiger partial charge is 0.296 e. The summed E-state index contributed by atoms with van der Waals surface area (Å²) in [6.45, 7) is 2.74. The lowest BCUT2D eigenvalue weighted by atomic mass is 10.2. The van der Waals surface area contributed by atoms with E-state index in [0.29, 0.717) is 0 Å². The molecular weight excluding hydrogens is 247 g/mol. The molecule has 0 amide bonds. The van der Waals surface area contributed by atoms with Gasteiger partial charge in [0.2, 0.25) is 0 Å². The summed E-state index contributed by atoms with van der Waals surface area (Å²) in [5, 5.41) is 7.50. The van der Waals surface area contributed by atoms with Crippen LogP contribution in [0, 0.1) is 6.92 Å². The first-order valence-corrected chi connectivity index (χ1v) is 6.51. The molecule has 4 nitrogen and oxygen atoms in total. The SMILES string of the molecule is CCOS(=O)(=O)c1ccc(C)cc1.OCCF. The lowest BCUT2D eigenvalue weighted by molar-refractivity contribution is 0.253. The Morgan fingerprint density at radius 3 is 2.12 bits per heavy atom. The number of alkyl halides is 1. The van der Waals surface area contributed by atoms with Gasteiger partial charge in [-0.25, -0.2) is 4.39 Å². The van der Waals surface area contributed by atoms with Gasteiger partial charge < -0.3 is 5.11 Å². The normalized spacial score (nSPS) is 10.6. The van der Waals surface area contributed by atoms with E-state index in [1.165, 1.54) is 0 Å². The first-order chi connectivity index (χ1) is 7.97. The Kier molecular flexibility index (Phi) is 7.69. The van der Waals surface area contributed by atoms with Crippen molar-refractivity contribution in [3.05, 3.63) is 29.8 Å². The molecule has 0 atom stereocenters. The lowest BCUT2D eigenvalue weighted by Crippen LogP contribution is -2.05. The van der Waals surface area contributed by atoms with E-state index >= 15 is 0 Å². The summed E-state index contributed by atoms with van der Waals surface area (Å²) in [7, 11) is -3.53. The van der Waals surface area contributed by atoms with Gasteiger partial charge in [-0.3, -0.25) is 4.18 Å². The molecule has 0 unspecified atom stereocenters. The molecular formula is C11H17FO4S. The summed E-state index contributed by atoms with van der Waals surface area (Å²) >= 11 is 0. The summed E-state index contributed by atoms with van der Waals surface area (Å²) in [6, 6.07) is 6.57. The van der Waals surface area contributed by atoms with Gasteiger partial charge in [-0.1, -0.05) is 17.7 Å². The molecule has 0 aliphatic heterocycles. The Hall–Kier alpha value is -0.980. The molecule has 0 aromatic heterocycles. The first-order valence-electron chi connectivity index (χ1n) is 5.10. The van der Waals surface area contributed by atoms with E-state index in [4.69, 9.17) is 5.11 Å². The van der Waals surface area contributed by atoms with Crippen LogP contribution in [0.4, 0.5) is 4.39 Å². The number of aryl methyl sites for hydroxylation is 1. The van der Waals surface area contributed by atoms with Crippen LogP contribution >= 0.6 is 0 Å². The van der Waals surface area contributed by atoms with E-state index in [-0.39, 0.29) is 18.1 Å². The highest BCUT2D eigenvalue weighted by molar-refractivity contribution is 7.86. The third-order valence-electron chi connectivity index (χ3n) is 1.67. The molecule has 6 heteroatoms. The number of benzene rings is 1. The van der Waals surface area contributed by atoms with Gasteiger partial charge in [-0.2, -0.15) is 8.42 Å². The third kappa shape index (κ3) is 6.35. The molecule has 0 spiro atoms. The summed E-state index contributed by atoms with van der Waals surface area (Å²) < 4.78 is 37.7. The molecule has 0 radical (unpaired) electrons. The molecule has 17 heavy (non-hydrogen) atoms. The fourth-order valence-corrected chi connectivity index (χ4v) is 1.84. The Morgan fingerprint density at radius 2 is 1.76 bits per heavy atom. The summed E-state index contributed by atoms with van der Waals surface area (Å²) in [5.41, 5.74) is 1.02. The van der Waals surface area contributed by atoms with Crippen molar-refractivity contribution in [1.82, 2.24) is 0 Å². The van der Waals surface area contributed by atoms with Crippen LogP contribution in [-0.4, -0.2) is 33.4 Å². The van der Waals surface area contributed by atoms with E-state index in [9.17, 15) is 12.8 Å². The van der Waals surface area contributed by atoms with Crippen molar-refractivity contribution in [3.8, 4) is 0 Å². The van der Waals surface area contributed by atoms with Crippen LogP contribution in [0.25, 0.3) is 0 Å². The Bertz CT molecular complexity index is 398. The highest BCUT2D eigenvalue weighted by atomic mass is 32.2. The van der Waals surface area contributed by atoms with Crippen molar-refractivity contribution < 1.29 is 22.1 Å². The molecule has 0 aliphatic carbocycles. The van der Waals surface area contributed by atoms with E-state index in [1.807, 2.05) is 6.92 Å². The lowest BCUT2D eigenvalue weighted by Gasteiger charge is -2.02. The summed E-state index contributed by atoms with van der Waals surface area (Å²) in [6.07, 6.45) is 0. The van der Waals surface area contributed by atoms with E-state index in [1.54, 1.807) is 31.2 Å². The predicted molar refractivity (Wildman–Crippen MR) is 63.1 cm³/mol. The van der Waals surface area contributed by atoms with Gasteiger partial charge in [0.1, 0.15) is 6.67 Å². The van der Waals surface area contributed by atoms with Crippen LogP contribution < -0.4 is 0 Å². The molecule has 0 fully saturated rings. The molecule has 1 aromatic carbocycles. The molecule has 0 aliphatic rings. The van der Waals surface area contributed by atoms with E-state index < -0.39 is 16.8 Å². The average Bonchev–Trinajstić information content (AvgIpc) is 2.30. The number of aliphatic hydroxyl groups is 1. The molecule has 1 rings (SSSR count). The van der Waals surface area contributed by atoms with Gasteiger partial charge in [0.15, 0.2) is 0 Å². The zero-order valence-electron chi connectivity index (χ0n) is 9.89. The highest BCUT2D eigenvalue weighted by Gasteiger charge is 2.12. The minimum absolute atomic E-state index is 0.163. The van der Waals surface area contributed by atoms with Crippen molar-refractivity contribution in [2.45, 2.75) is 18.7 Å². The highest BCUT2D eigenvalue weighted by Crippen LogP contribution is 2.12. The number of halogens is 1. The van der Waals surface area contributed by atoms with Gasteiger partial charge in [0.25, 0.3) is 10.1 Å². The molecule has 0 saturated heterocycles. The summed E-state index contributed by atoms with van der Waals surface area (Å²) in [4.78, 5) is 0.208. The standard InChI is InChI=1S/C9H12O3S.C2H5FO/c1-3-12-13(10,11)9-6-4-8(2)5-7-9;3-1-2-4/h4-7H,3H2,1-2H3;4H,1-2H2. The van der Waals surface area contributed by atoms with Crippen LogP contribution in [0.1, 0.15) is 12.5 Å². The van der Waals surface area contributed by atoms with Crippen LogP contribution in [0.3, 0.4) is 0 Å². The molecule has 0 saturated carbocycles. The quantitative estimate of drug-likeness (QED) is 0.840. The number of aliphatic hydroxyl groups excluding tert-OH is 1. The minimum Gasteiger partial charge on any atom is -0.394 e.